The molecule has 0 aromatic heterocycles. The van der Waals surface area contributed by atoms with Crippen LogP contribution in [0.4, 0.5) is 0 Å². The molecule has 0 aliphatic carbocycles. The lowest BCUT2D eigenvalue weighted by atomic mass is 10.1. The highest BCUT2D eigenvalue weighted by Gasteiger charge is 2.30. The van der Waals surface area contributed by atoms with E-state index in [0.29, 0.717) is 6.54 Å². The van der Waals surface area contributed by atoms with Gasteiger partial charge in [-0.1, -0.05) is 28.1 Å². The minimum Gasteiger partial charge on any atom is -0.481 e. The highest BCUT2D eigenvalue weighted by Crippen LogP contribution is 2.28. The predicted octanol–water partition coefficient (Wildman–Crippen LogP) is 2.92. The second-order valence-electron chi connectivity index (χ2n) is 4.55. The van der Waals surface area contributed by atoms with E-state index in [1.165, 1.54) is 5.56 Å². The summed E-state index contributed by atoms with van der Waals surface area (Å²) >= 11 is 3.42. The summed E-state index contributed by atoms with van der Waals surface area (Å²) in [6.07, 6.45) is 0.760. The molecule has 1 N–H and O–H groups in total. The van der Waals surface area contributed by atoms with Crippen molar-refractivity contribution in [1.29, 1.82) is 0 Å². The molecule has 1 aromatic carbocycles. The average molecular weight is 298 g/mol. The van der Waals surface area contributed by atoms with E-state index in [2.05, 4.69) is 39.9 Å². The first kappa shape index (κ1) is 12.6. The van der Waals surface area contributed by atoms with Crippen molar-refractivity contribution >= 4 is 21.9 Å². The topological polar surface area (TPSA) is 40.5 Å². The number of likely N-dealkylation sites (tertiary alicyclic amines) is 1. The molecule has 92 valence electrons. The van der Waals surface area contributed by atoms with Crippen LogP contribution in [0.3, 0.4) is 0 Å². The lowest BCUT2D eigenvalue weighted by Gasteiger charge is -2.24. The van der Waals surface area contributed by atoms with Crippen molar-refractivity contribution in [2.75, 3.05) is 13.1 Å². The molecule has 4 heteroatoms. The van der Waals surface area contributed by atoms with Crippen LogP contribution in [-0.2, 0) is 4.79 Å². The van der Waals surface area contributed by atoms with Crippen molar-refractivity contribution in [3.63, 3.8) is 0 Å². The maximum atomic E-state index is 10.9. The standard InChI is InChI=1S/C13H16BrNO2/c1-9(10-2-4-12(14)5-3-10)15-7-6-11(8-15)13(16)17/h2-5,9,11H,6-8H2,1H3,(H,16,17)/t9-,11-/m1/s1. The predicted molar refractivity (Wildman–Crippen MR) is 69.9 cm³/mol. The van der Waals surface area contributed by atoms with Crippen LogP contribution >= 0.6 is 15.9 Å². The van der Waals surface area contributed by atoms with Gasteiger partial charge in [0.05, 0.1) is 5.92 Å². The van der Waals surface area contributed by atoms with E-state index in [4.69, 9.17) is 5.11 Å². The SMILES string of the molecule is C[C@H](c1ccc(Br)cc1)N1CC[C@@H](C(=O)O)C1. The monoisotopic (exact) mass is 297 g/mol. The fourth-order valence-corrected chi connectivity index (χ4v) is 2.56. The Morgan fingerprint density at radius 3 is 2.65 bits per heavy atom. The van der Waals surface area contributed by atoms with Crippen LogP contribution in [0.15, 0.2) is 28.7 Å². The summed E-state index contributed by atoms with van der Waals surface area (Å²) in [6, 6.07) is 8.51. The molecule has 3 nitrogen and oxygen atoms in total. The lowest BCUT2D eigenvalue weighted by Crippen LogP contribution is -2.26. The maximum absolute atomic E-state index is 10.9. The minimum atomic E-state index is -0.671. The average Bonchev–Trinajstić information content (AvgIpc) is 2.78. The maximum Gasteiger partial charge on any atom is 0.307 e. The van der Waals surface area contributed by atoms with Gasteiger partial charge in [0, 0.05) is 17.1 Å². The van der Waals surface area contributed by atoms with Gasteiger partial charge >= 0.3 is 5.97 Å². The summed E-state index contributed by atoms with van der Waals surface area (Å²) in [5.74, 6) is -0.872. The highest BCUT2D eigenvalue weighted by atomic mass is 79.9. The van der Waals surface area contributed by atoms with Gasteiger partial charge in [-0.15, -0.1) is 0 Å². The zero-order chi connectivity index (χ0) is 12.4. The number of carbonyl (C=O) groups is 1. The third-order valence-electron chi connectivity index (χ3n) is 3.47. The number of benzene rings is 1. The summed E-state index contributed by atoms with van der Waals surface area (Å²) in [7, 11) is 0. The molecular weight excluding hydrogens is 282 g/mol. The van der Waals surface area contributed by atoms with Crippen LogP contribution < -0.4 is 0 Å². The molecule has 1 aliphatic rings. The molecule has 17 heavy (non-hydrogen) atoms. The van der Waals surface area contributed by atoms with Gasteiger partial charge in [0.15, 0.2) is 0 Å². The number of carboxylic acids is 1. The number of carboxylic acid groups (broad SMARTS) is 1. The van der Waals surface area contributed by atoms with E-state index in [0.717, 1.165) is 17.4 Å². The molecule has 2 atom stereocenters. The van der Waals surface area contributed by atoms with Gasteiger partial charge in [0.1, 0.15) is 0 Å². The van der Waals surface area contributed by atoms with E-state index < -0.39 is 5.97 Å². The van der Waals surface area contributed by atoms with E-state index in [1.54, 1.807) is 0 Å². The molecule has 0 bridgehead atoms. The lowest BCUT2D eigenvalue weighted by molar-refractivity contribution is -0.141. The molecule has 0 unspecified atom stereocenters. The zero-order valence-corrected chi connectivity index (χ0v) is 11.4. The third-order valence-corrected chi connectivity index (χ3v) is 4.00. The van der Waals surface area contributed by atoms with E-state index >= 15 is 0 Å². The van der Waals surface area contributed by atoms with Crippen LogP contribution in [0.1, 0.15) is 24.9 Å². The Morgan fingerprint density at radius 2 is 2.12 bits per heavy atom. The molecule has 1 saturated heterocycles. The van der Waals surface area contributed by atoms with Gasteiger partial charge in [-0.2, -0.15) is 0 Å². The zero-order valence-electron chi connectivity index (χ0n) is 9.77. The van der Waals surface area contributed by atoms with E-state index in [-0.39, 0.29) is 12.0 Å². The van der Waals surface area contributed by atoms with E-state index in [1.807, 2.05) is 12.1 Å². The molecule has 1 aliphatic heterocycles. The van der Waals surface area contributed by atoms with Gasteiger partial charge in [0.25, 0.3) is 0 Å². The highest BCUT2D eigenvalue weighted by molar-refractivity contribution is 9.10. The summed E-state index contributed by atoms with van der Waals surface area (Å²) in [5, 5.41) is 8.99. The quantitative estimate of drug-likeness (QED) is 0.932. The number of halogens is 1. The Kier molecular flexibility index (Phi) is 3.84. The number of hydrogen-bond acceptors (Lipinski definition) is 2. The molecule has 1 fully saturated rings. The first-order chi connectivity index (χ1) is 8.08. The van der Waals surface area contributed by atoms with Crippen LogP contribution in [0.2, 0.25) is 0 Å². The minimum absolute atomic E-state index is 0.201. The summed E-state index contributed by atoms with van der Waals surface area (Å²) in [6.45, 7) is 3.66. The van der Waals surface area contributed by atoms with Crippen molar-refractivity contribution in [2.45, 2.75) is 19.4 Å². The van der Waals surface area contributed by atoms with Crippen LogP contribution in [0, 0.1) is 5.92 Å². The first-order valence-electron chi connectivity index (χ1n) is 5.80. The van der Waals surface area contributed by atoms with Gasteiger partial charge in [-0.25, -0.2) is 0 Å². The number of hydrogen-bond donors (Lipinski definition) is 1. The number of aliphatic carboxylic acids is 1. The third kappa shape index (κ3) is 2.87. The van der Waals surface area contributed by atoms with Crippen molar-refractivity contribution in [3.05, 3.63) is 34.3 Å². The van der Waals surface area contributed by atoms with Gasteiger partial charge < -0.3 is 5.11 Å². The van der Waals surface area contributed by atoms with Gasteiger partial charge in [0.2, 0.25) is 0 Å². The largest absolute Gasteiger partial charge is 0.481 e. The fourth-order valence-electron chi connectivity index (χ4n) is 2.29. The molecule has 0 amide bonds. The number of rotatable bonds is 3. The fraction of sp³-hybridized carbons (Fsp3) is 0.462. The normalized spacial score (nSPS) is 22.6. The molecule has 1 aromatic rings. The van der Waals surface area contributed by atoms with Crippen molar-refractivity contribution < 1.29 is 9.90 Å². The van der Waals surface area contributed by atoms with Crippen molar-refractivity contribution in [3.8, 4) is 0 Å². The summed E-state index contributed by atoms with van der Waals surface area (Å²) < 4.78 is 1.07. The summed E-state index contributed by atoms with van der Waals surface area (Å²) in [4.78, 5) is 13.2. The second-order valence-corrected chi connectivity index (χ2v) is 5.46. The molecule has 0 saturated carbocycles. The van der Waals surface area contributed by atoms with Crippen LogP contribution in [0.25, 0.3) is 0 Å². The summed E-state index contributed by atoms with van der Waals surface area (Å²) in [5.41, 5.74) is 1.24. The van der Waals surface area contributed by atoms with Gasteiger partial charge in [-0.3, -0.25) is 9.69 Å². The van der Waals surface area contributed by atoms with Crippen LogP contribution in [0.5, 0.6) is 0 Å². The second kappa shape index (κ2) is 5.19. The number of nitrogens with zero attached hydrogens (tertiary/aromatic N) is 1. The Balaban J connectivity index is 2.04. The van der Waals surface area contributed by atoms with Gasteiger partial charge in [-0.05, 0) is 37.6 Å². The van der Waals surface area contributed by atoms with Crippen molar-refractivity contribution in [1.82, 2.24) is 4.90 Å². The Bertz CT molecular complexity index is 404. The van der Waals surface area contributed by atoms with Crippen LogP contribution in [-0.4, -0.2) is 29.1 Å². The smallest absolute Gasteiger partial charge is 0.307 e. The Hall–Kier alpha value is -0.870. The molecule has 0 radical (unpaired) electrons. The molecule has 1 heterocycles. The Labute approximate surface area is 110 Å². The molecule has 0 spiro atoms. The first-order valence-corrected chi connectivity index (χ1v) is 6.59. The van der Waals surface area contributed by atoms with E-state index in [9.17, 15) is 4.79 Å². The Morgan fingerprint density at radius 1 is 1.47 bits per heavy atom. The molecular formula is C13H16BrNO2. The van der Waals surface area contributed by atoms with Crippen molar-refractivity contribution in [2.24, 2.45) is 5.92 Å². The molecule has 2 rings (SSSR count).